The molecule has 0 bridgehead atoms. The number of fused-ring (bicyclic) bond motifs is 2. The van der Waals surface area contributed by atoms with E-state index in [2.05, 4.69) is 79.7 Å². The van der Waals surface area contributed by atoms with Crippen LogP contribution in [0.1, 0.15) is 11.3 Å². The van der Waals surface area contributed by atoms with Crippen LogP contribution in [0.3, 0.4) is 0 Å². The van der Waals surface area contributed by atoms with Crippen molar-refractivity contribution in [3.05, 3.63) is 66.4 Å². The van der Waals surface area contributed by atoms with Gasteiger partial charge in [0.15, 0.2) is 0 Å². The summed E-state index contributed by atoms with van der Waals surface area (Å²) in [7, 11) is 0. The highest BCUT2D eigenvalue weighted by atomic mass is 79.9. The maximum Gasteiger partial charge on any atom is 0.120 e. The van der Waals surface area contributed by atoms with Crippen LogP contribution in [-0.2, 0) is 11.2 Å². The second-order valence-electron chi connectivity index (χ2n) is 8.49. The molecular weight excluding hydrogens is 716 g/mol. The molecule has 0 fully saturated rings. The summed E-state index contributed by atoms with van der Waals surface area (Å²) in [6, 6.07) is 16.6. The Balaban J connectivity index is 1.61. The van der Waals surface area contributed by atoms with Gasteiger partial charge in [0.25, 0.3) is 0 Å². The average molecular weight is 731 g/mol. The number of benzene rings is 1. The van der Waals surface area contributed by atoms with Crippen molar-refractivity contribution in [2.24, 2.45) is 0 Å². The summed E-state index contributed by atoms with van der Waals surface area (Å²) in [6.45, 7) is 0. The molecule has 0 atom stereocenters. The molecule has 12 heteroatoms. The molecule has 7 aromatic rings. The standard InChI is InChI=1S/C27H14Br2N4OS5/c28-18-9-7-14(37-18)20-24-25(21(15-8-10-19(29)38-15)27-26(20)32-39-33-27)31-23(22(30-24)16-4-2-12-35-16)17-6-5-13(36-17)3-1-11-34/h2,4-12H,1,3H2. The van der Waals surface area contributed by atoms with E-state index in [1.54, 1.807) is 45.3 Å². The van der Waals surface area contributed by atoms with Crippen LogP contribution >= 0.6 is 88.9 Å². The first-order valence-corrected chi connectivity index (χ1v) is 17.3. The number of carbonyl (C=O) groups is 1. The van der Waals surface area contributed by atoms with Crippen LogP contribution in [0.2, 0.25) is 0 Å². The third-order valence-electron chi connectivity index (χ3n) is 6.13. The molecule has 0 N–H and O–H groups in total. The second kappa shape index (κ2) is 10.7. The zero-order chi connectivity index (χ0) is 26.5. The van der Waals surface area contributed by atoms with Crippen LogP contribution in [0.5, 0.6) is 0 Å². The molecular formula is C27H14Br2N4OS5. The number of aromatic nitrogens is 4. The van der Waals surface area contributed by atoms with Gasteiger partial charge < -0.3 is 4.79 Å². The first-order chi connectivity index (χ1) is 19.1. The minimum Gasteiger partial charge on any atom is -0.303 e. The number of carbonyl (C=O) groups excluding carboxylic acids is 1. The molecule has 0 aliphatic heterocycles. The monoisotopic (exact) mass is 728 g/mol. The van der Waals surface area contributed by atoms with Gasteiger partial charge in [-0.25, -0.2) is 9.97 Å². The van der Waals surface area contributed by atoms with Crippen molar-refractivity contribution >= 4 is 117 Å². The van der Waals surface area contributed by atoms with E-state index in [1.165, 1.54) is 11.7 Å². The molecule has 6 heterocycles. The van der Waals surface area contributed by atoms with Crippen molar-refractivity contribution < 1.29 is 4.79 Å². The van der Waals surface area contributed by atoms with Gasteiger partial charge in [0.2, 0.25) is 0 Å². The summed E-state index contributed by atoms with van der Waals surface area (Å²) in [5, 5.41) is 2.06. The van der Waals surface area contributed by atoms with Gasteiger partial charge >= 0.3 is 0 Å². The maximum absolute atomic E-state index is 11.0. The SMILES string of the molecule is O=CCCc1ccc(-c2nc3c(-c4ccc(Br)s4)c4nsnc4c(-c4ccc(Br)s4)c3nc2-c2cccs2)s1. The lowest BCUT2D eigenvalue weighted by molar-refractivity contribution is -0.107. The lowest BCUT2D eigenvalue weighted by Crippen LogP contribution is -1.98. The molecule has 0 saturated heterocycles. The predicted octanol–water partition coefficient (Wildman–Crippen LogP) is 10.2. The molecule has 6 aromatic heterocycles. The Labute approximate surface area is 259 Å². The Morgan fingerprint density at radius 2 is 1.31 bits per heavy atom. The average Bonchev–Trinajstić information content (AvgIpc) is 3.76. The number of halogens is 2. The summed E-state index contributed by atoms with van der Waals surface area (Å²) in [5.41, 5.74) is 6.89. The predicted molar refractivity (Wildman–Crippen MR) is 174 cm³/mol. The van der Waals surface area contributed by atoms with E-state index in [1.807, 2.05) is 6.07 Å². The summed E-state index contributed by atoms with van der Waals surface area (Å²) >= 11 is 15.1. The van der Waals surface area contributed by atoms with Gasteiger partial charge in [-0.05, 0) is 86.1 Å². The minimum absolute atomic E-state index is 0.507. The zero-order valence-corrected chi connectivity index (χ0v) is 26.9. The van der Waals surface area contributed by atoms with E-state index >= 15 is 0 Å². The van der Waals surface area contributed by atoms with Crippen molar-refractivity contribution in [3.63, 3.8) is 0 Å². The van der Waals surface area contributed by atoms with Crippen LogP contribution in [0.4, 0.5) is 0 Å². The molecule has 0 aliphatic carbocycles. The lowest BCUT2D eigenvalue weighted by atomic mass is 10.0. The summed E-state index contributed by atoms with van der Waals surface area (Å²) < 4.78 is 11.6. The number of rotatable bonds is 7. The smallest absolute Gasteiger partial charge is 0.120 e. The fourth-order valence-corrected chi connectivity index (χ4v) is 9.64. The maximum atomic E-state index is 11.0. The fraction of sp³-hybridized carbons (Fsp3) is 0.0741. The molecule has 0 unspecified atom stereocenters. The quantitative estimate of drug-likeness (QED) is 0.153. The number of thiophene rings is 4. The molecule has 5 nitrogen and oxygen atoms in total. The van der Waals surface area contributed by atoms with Crippen molar-refractivity contribution in [3.8, 4) is 42.0 Å². The van der Waals surface area contributed by atoms with Crippen molar-refractivity contribution in [2.75, 3.05) is 0 Å². The van der Waals surface area contributed by atoms with E-state index in [-0.39, 0.29) is 0 Å². The van der Waals surface area contributed by atoms with Crippen LogP contribution in [0.25, 0.3) is 64.1 Å². The first-order valence-electron chi connectivity index (χ1n) is 11.7. The second-order valence-corrected chi connectivity index (χ2v) is 16.1. The Morgan fingerprint density at radius 3 is 1.85 bits per heavy atom. The topological polar surface area (TPSA) is 68.6 Å². The molecule has 0 spiro atoms. The third kappa shape index (κ3) is 4.65. The van der Waals surface area contributed by atoms with E-state index < -0.39 is 0 Å². The number of hydrogen-bond donors (Lipinski definition) is 0. The summed E-state index contributed by atoms with van der Waals surface area (Å²) in [4.78, 5) is 27.2. The van der Waals surface area contributed by atoms with Gasteiger partial charge in [0.1, 0.15) is 39.7 Å². The van der Waals surface area contributed by atoms with E-state index in [9.17, 15) is 4.79 Å². The Bertz CT molecular complexity index is 1990. The molecule has 0 saturated carbocycles. The largest absolute Gasteiger partial charge is 0.303 e. The van der Waals surface area contributed by atoms with Gasteiger partial charge in [0, 0.05) is 32.2 Å². The van der Waals surface area contributed by atoms with Gasteiger partial charge in [-0.3, -0.25) is 0 Å². The molecule has 0 radical (unpaired) electrons. The summed E-state index contributed by atoms with van der Waals surface area (Å²) in [6.07, 6.45) is 2.20. The Kier molecular flexibility index (Phi) is 7.04. The van der Waals surface area contributed by atoms with E-state index in [4.69, 9.17) is 18.7 Å². The fourth-order valence-electron chi connectivity index (χ4n) is 4.49. The van der Waals surface area contributed by atoms with Gasteiger partial charge in [-0.1, -0.05) is 6.07 Å². The Hall–Kier alpha value is -2.19. The molecule has 0 amide bonds. The van der Waals surface area contributed by atoms with Crippen LogP contribution in [0.15, 0.2) is 61.5 Å². The Morgan fingerprint density at radius 1 is 0.692 bits per heavy atom. The number of aldehydes is 1. The number of nitrogens with zero attached hydrogens (tertiary/aromatic N) is 4. The van der Waals surface area contributed by atoms with Gasteiger partial charge in [-0.2, -0.15) is 8.75 Å². The van der Waals surface area contributed by atoms with Crippen LogP contribution in [-0.4, -0.2) is 25.0 Å². The summed E-state index contributed by atoms with van der Waals surface area (Å²) in [5.74, 6) is 0. The van der Waals surface area contributed by atoms with E-state index in [0.717, 1.165) is 89.2 Å². The van der Waals surface area contributed by atoms with Gasteiger partial charge in [0.05, 0.1) is 29.1 Å². The highest BCUT2D eigenvalue weighted by Gasteiger charge is 2.26. The highest BCUT2D eigenvalue weighted by Crippen LogP contribution is 2.48. The number of aryl methyl sites for hydroxylation is 1. The normalized spacial score (nSPS) is 11.6. The van der Waals surface area contributed by atoms with Crippen LogP contribution < -0.4 is 0 Å². The van der Waals surface area contributed by atoms with Crippen molar-refractivity contribution in [1.29, 1.82) is 0 Å². The van der Waals surface area contributed by atoms with Crippen molar-refractivity contribution in [1.82, 2.24) is 18.7 Å². The molecule has 39 heavy (non-hydrogen) atoms. The van der Waals surface area contributed by atoms with Crippen molar-refractivity contribution in [2.45, 2.75) is 12.8 Å². The van der Waals surface area contributed by atoms with E-state index in [0.29, 0.717) is 6.42 Å². The minimum atomic E-state index is 0.507. The highest BCUT2D eigenvalue weighted by molar-refractivity contribution is 9.11. The molecule has 0 aliphatic rings. The lowest BCUT2D eigenvalue weighted by Gasteiger charge is -2.14. The number of hydrogen-bond acceptors (Lipinski definition) is 10. The zero-order valence-electron chi connectivity index (χ0n) is 19.7. The third-order valence-corrected chi connectivity index (χ3v) is 12.0. The molecule has 1 aromatic carbocycles. The van der Waals surface area contributed by atoms with Gasteiger partial charge in [-0.15, -0.1) is 45.3 Å². The molecule has 7 rings (SSSR count). The molecule has 192 valence electrons. The first kappa shape index (κ1) is 25.8. The van der Waals surface area contributed by atoms with Crippen LogP contribution in [0, 0.1) is 0 Å².